The molecule has 0 spiro atoms. The van der Waals surface area contributed by atoms with Gasteiger partial charge >= 0.3 is 0 Å². The lowest BCUT2D eigenvalue weighted by atomic mass is 10.0. The van der Waals surface area contributed by atoms with Gasteiger partial charge in [-0.1, -0.05) is 42.5 Å². The monoisotopic (exact) mass is 424 g/mol. The van der Waals surface area contributed by atoms with Crippen LogP contribution < -0.4 is 5.32 Å². The molecular formula is C25H24N6O. The first-order valence-corrected chi connectivity index (χ1v) is 10.7. The smallest absolute Gasteiger partial charge is 0.258 e. The molecule has 1 N–H and O–H groups in total. The average Bonchev–Trinajstić information content (AvgIpc) is 3.40. The summed E-state index contributed by atoms with van der Waals surface area (Å²) in [7, 11) is 0. The molecular weight excluding hydrogens is 400 g/mol. The SMILES string of the molecule is Cc1nc2c(cnn2C(C)C)cc1C(=O)Nc1ccnn1Cc1cccc2ccccc12. The van der Waals surface area contributed by atoms with Crippen molar-refractivity contribution in [3.05, 3.63) is 83.8 Å². The Bertz CT molecular complexity index is 1440. The van der Waals surface area contributed by atoms with Crippen molar-refractivity contribution in [3.8, 4) is 0 Å². The van der Waals surface area contributed by atoms with Gasteiger partial charge < -0.3 is 5.32 Å². The van der Waals surface area contributed by atoms with Crippen molar-refractivity contribution in [1.29, 1.82) is 0 Å². The Morgan fingerprint density at radius 2 is 1.84 bits per heavy atom. The molecule has 7 nitrogen and oxygen atoms in total. The summed E-state index contributed by atoms with van der Waals surface area (Å²) >= 11 is 0. The van der Waals surface area contributed by atoms with E-state index in [1.807, 2.05) is 35.9 Å². The Kier molecular flexibility index (Phi) is 4.93. The molecule has 0 radical (unpaired) electrons. The molecule has 3 aromatic heterocycles. The third kappa shape index (κ3) is 3.51. The highest BCUT2D eigenvalue weighted by molar-refractivity contribution is 6.06. The standard InChI is InChI=1S/C25H24N6O/c1-16(2)31-24-20(14-27-31)13-22(17(3)28-24)25(32)29-23-11-12-26-30(23)15-19-9-6-8-18-7-4-5-10-21(18)19/h4-14,16H,15H2,1-3H3,(H,29,32). The number of amides is 1. The zero-order valence-electron chi connectivity index (χ0n) is 18.3. The van der Waals surface area contributed by atoms with Gasteiger partial charge in [-0.15, -0.1) is 0 Å². The number of fused-ring (bicyclic) bond motifs is 2. The van der Waals surface area contributed by atoms with E-state index in [9.17, 15) is 4.79 Å². The molecule has 3 heterocycles. The molecule has 5 rings (SSSR count). The highest BCUT2D eigenvalue weighted by Gasteiger charge is 2.17. The zero-order chi connectivity index (χ0) is 22.2. The second kappa shape index (κ2) is 7.92. The summed E-state index contributed by atoms with van der Waals surface area (Å²) in [6.07, 6.45) is 3.45. The van der Waals surface area contributed by atoms with Crippen molar-refractivity contribution in [3.63, 3.8) is 0 Å². The van der Waals surface area contributed by atoms with Crippen molar-refractivity contribution < 1.29 is 4.79 Å². The fourth-order valence-corrected chi connectivity index (χ4v) is 4.01. The maximum Gasteiger partial charge on any atom is 0.258 e. The number of rotatable bonds is 5. The molecule has 7 heteroatoms. The number of aromatic nitrogens is 5. The van der Waals surface area contributed by atoms with Crippen molar-refractivity contribution in [2.45, 2.75) is 33.4 Å². The fraction of sp³-hybridized carbons (Fsp3) is 0.200. The van der Waals surface area contributed by atoms with Gasteiger partial charge in [-0.2, -0.15) is 10.2 Å². The number of nitrogens with one attached hydrogen (secondary N) is 1. The number of carbonyl (C=O) groups excluding carboxylic acids is 1. The van der Waals surface area contributed by atoms with Crippen molar-refractivity contribution in [1.82, 2.24) is 24.5 Å². The van der Waals surface area contributed by atoms with E-state index in [1.165, 1.54) is 10.8 Å². The number of carbonyl (C=O) groups is 1. The van der Waals surface area contributed by atoms with Crippen LogP contribution in [0.1, 0.15) is 41.5 Å². The predicted molar refractivity (Wildman–Crippen MR) is 126 cm³/mol. The molecule has 160 valence electrons. The van der Waals surface area contributed by atoms with E-state index < -0.39 is 0 Å². The van der Waals surface area contributed by atoms with E-state index in [4.69, 9.17) is 0 Å². The first-order valence-electron chi connectivity index (χ1n) is 10.7. The third-order valence-electron chi connectivity index (χ3n) is 5.65. The molecule has 32 heavy (non-hydrogen) atoms. The van der Waals surface area contributed by atoms with E-state index in [0.29, 0.717) is 23.6 Å². The summed E-state index contributed by atoms with van der Waals surface area (Å²) in [6, 6.07) is 18.3. The Hall–Kier alpha value is -4.00. The topological polar surface area (TPSA) is 77.6 Å². The maximum atomic E-state index is 13.1. The molecule has 0 aliphatic carbocycles. The van der Waals surface area contributed by atoms with Gasteiger partial charge in [0.25, 0.3) is 5.91 Å². The lowest BCUT2D eigenvalue weighted by Crippen LogP contribution is -2.18. The number of benzene rings is 2. The number of anilines is 1. The van der Waals surface area contributed by atoms with Gasteiger partial charge in [0.1, 0.15) is 5.82 Å². The number of nitrogens with zero attached hydrogens (tertiary/aromatic N) is 5. The van der Waals surface area contributed by atoms with Crippen LogP contribution in [0.5, 0.6) is 0 Å². The third-order valence-corrected chi connectivity index (χ3v) is 5.65. The summed E-state index contributed by atoms with van der Waals surface area (Å²) in [5, 5.41) is 15.0. The Morgan fingerprint density at radius 3 is 2.69 bits per heavy atom. The van der Waals surface area contributed by atoms with Gasteiger partial charge in [0.2, 0.25) is 0 Å². The summed E-state index contributed by atoms with van der Waals surface area (Å²) in [4.78, 5) is 17.8. The van der Waals surface area contributed by atoms with Crippen LogP contribution in [-0.2, 0) is 6.54 Å². The van der Waals surface area contributed by atoms with Crippen LogP contribution in [0.2, 0.25) is 0 Å². The molecule has 0 saturated heterocycles. The van der Waals surface area contributed by atoms with Crippen LogP contribution in [0.15, 0.2) is 67.0 Å². The van der Waals surface area contributed by atoms with Crippen molar-refractivity contribution in [2.75, 3.05) is 5.32 Å². The van der Waals surface area contributed by atoms with Gasteiger partial charge in [-0.05, 0) is 43.2 Å². The number of aryl methyl sites for hydroxylation is 1. The lowest BCUT2D eigenvalue weighted by Gasteiger charge is -2.12. The average molecular weight is 425 g/mol. The summed E-state index contributed by atoms with van der Waals surface area (Å²) < 4.78 is 3.67. The molecule has 0 bridgehead atoms. The van der Waals surface area contributed by atoms with E-state index in [1.54, 1.807) is 23.1 Å². The number of pyridine rings is 1. The molecule has 1 amide bonds. The molecule has 2 aromatic carbocycles. The maximum absolute atomic E-state index is 13.1. The van der Waals surface area contributed by atoms with E-state index >= 15 is 0 Å². The Morgan fingerprint density at radius 1 is 1.03 bits per heavy atom. The van der Waals surface area contributed by atoms with Crippen LogP contribution in [0.3, 0.4) is 0 Å². The first-order chi connectivity index (χ1) is 15.5. The largest absolute Gasteiger partial charge is 0.307 e. The number of hydrogen-bond donors (Lipinski definition) is 1. The van der Waals surface area contributed by atoms with Gasteiger partial charge in [0, 0.05) is 17.5 Å². The van der Waals surface area contributed by atoms with Crippen LogP contribution in [0.4, 0.5) is 5.82 Å². The van der Waals surface area contributed by atoms with Crippen molar-refractivity contribution >= 4 is 33.5 Å². The highest BCUT2D eigenvalue weighted by Crippen LogP contribution is 2.22. The van der Waals surface area contributed by atoms with Gasteiger partial charge in [-0.25, -0.2) is 14.3 Å². The summed E-state index contributed by atoms with van der Waals surface area (Å²) in [5.41, 5.74) is 3.12. The Labute approximate surface area is 185 Å². The van der Waals surface area contributed by atoms with E-state index in [0.717, 1.165) is 16.6 Å². The summed E-state index contributed by atoms with van der Waals surface area (Å²) in [6.45, 7) is 6.52. The predicted octanol–water partition coefficient (Wildman–Crippen LogP) is 4.97. The molecule has 0 fully saturated rings. The van der Waals surface area contributed by atoms with Gasteiger partial charge in [0.05, 0.1) is 30.2 Å². The minimum absolute atomic E-state index is 0.197. The lowest BCUT2D eigenvalue weighted by molar-refractivity contribution is 0.102. The van der Waals surface area contributed by atoms with Gasteiger partial charge in [0.15, 0.2) is 5.65 Å². The van der Waals surface area contributed by atoms with Crippen LogP contribution in [0, 0.1) is 6.92 Å². The molecule has 5 aromatic rings. The van der Waals surface area contributed by atoms with Gasteiger partial charge in [-0.3, -0.25) is 4.79 Å². The van der Waals surface area contributed by atoms with E-state index in [-0.39, 0.29) is 11.9 Å². The second-order valence-corrected chi connectivity index (χ2v) is 8.18. The van der Waals surface area contributed by atoms with E-state index in [2.05, 4.69) is 58.6 Å². The second-order valence-electron chi connectivity index (χ2n) is 8.18. The highest BCUT2D eigenvalue weighted by atomic mass is 16.1. The molecule has 0 unspecified atom stereocenters. The van der Waals surface area contributed by atoms with Crippen LogP contribution in [0.25, 0.3) is 21.8 Å². The van der Waals surface area contributed by atoms with Crippen LogP contribution >= 0.6 is 0 Å². The van der Waals surface area contributed by atoms with Crippen LogP contribution in [-0.4, -0.2) is 30.5 Å². The summed E-state index contributed by atoms with van der Waals surface area (Å²) in [5.74, 6) is 0.425. The quantitative estimate of drug-likeness (QED) is 0.432. The minimum Gasteiger partial charge on any atom is -0.307 e. The molecule has 0 aliphatic heterocycles. The molecule has 0 aliphatic rings. The molecule has 0 atom stereocenters. The Balaban J connectivity index is 1.43. The number of hydrogen-bond acceptors (Lipinski definition) is 4. The zero-order valence-corrected chi connectivity index (χ0v) is 18.3. The minimum atomic E-state index is -0.214. The molecule has 0 saturated carbocycles. The normalized spacial score (nSPS) is 11.5. The fourth-order valence-electron chi connectivity index (χ4n) is 4.01. The first kappa shape index (κ1) is 19.9. The van der Waals surface area contributed by atoms with Crippen molar-refractivity contribution in [2.24, 2.45) is 0 Å².